The van der Waals surface area contributed by atoms with Gasteiger partial charge in [0, 0.05) is 26.0 Å². The lowest BCUT2D eigenvalue weighted by atomic mass is 10.4. The Labute approximate surface area is 104 Å². The van der Waals surface area contributed by atoms with E-state index in [1.54, 1.807) is 14.0 Å². The Bertz CT molecular complexity index is 394. The van der Waals surface area contributed by atoms with Crippen LogP contribution >= 0.6 is 0 Å². The lowest BCUT2D eigenvalue weighted by molar-refractivity contribution is -0.121. The molecule has 1 amide bonds. The number of rotatable bonds is 7. The molecule has 5 nitrogen and oxygen atoms in total. The van der Waals surface area contributed by atoms with Crippen LogP contribution in [0.4, 0.5) is 8.78 Å². The summed E-state index contributed by atoms with van der Waals surface area (Å²) in [7, 11) is 1.58. The van der Waals surface area contributed by atoms with Crippen LogP contribution in [-0.2, 0) is 16.1 Å². The second-order valence-electron chi connectivity index (χ2n) is 3.87. The summed E-state index contributed by atoms with van der Waals surface area (Å²) in [4.78, 5) is 11.5. The predicted octanol–water partition coefficient (Wildman–Crippen LogP) is 1.28. The first-order valence-electron chi connectivity index (χ1n) is 5.62. The van der Waals surface area contributed by atoms with Crippen molar-refractivity contribution < 1.29 is 18.3 Å². The molecule has 0 bridgehead atoms. The number of amides is 1. The predicted molar refractivity (Wildman–Crippen MR) is 61.4 cm³/mol. The highest BCUT2D eigenvalue weighted by atomic mass is 19.3. The number of carbonyl (C=O) groups excluding carboxylic acids is 1. The third-order valence-corrected chi connectivity index (χ3v) is 2.36. The maximum Gasteiger partial charge on any atom is 0.282 e. The van der Waals surface area contributed by atoms with E-state index in [0.29, 0.717) is 25.3 Å². The van der Waals surface area contributed by atoms with Gasteiger partial charge in [-0.05, 0) is 19.4 Å². The topological polar surface area (TPSA) is 56.1 Å². The molecule has 0 fully saturated rings. The number of nitrogens with one attached hydrogen (secondary N) is 1. The molecule has 0 aliphatic heterocycles. The van der Waals surface area contributed by atoms with E-state index in [-0.39, 0.29) is 18.1 Å². The van der Waals surface area contributed by atoms with Crippen molar-refractivity contribution in [3.8, 4) is 0 Å². The molecule has 1 rings (SSSR count). The summed E-state index contributed by atoms with van der Waals surface area (Å²) in [6.07, 6.45) is -1.91. The number of aromatic nitrogens is 2. The maximum atomic E-state index is 12.4. The van der Waals surface area contributed by atoms with Gasteiger partial charge >= 0.3 is 0 Å². The zero-order valence-electron chi connectivity index (χ0n) is 10.4. The van der Waals surface area contributed by atoms with Crippen LogP contribution < -0.4 is 5.32 Å². The molecule has 0 radical (unpaired) electrons. The third-order valence-electron chi connectivity index (χ3n) is 2.36. The van der Waals surface area contributed by atoms with E-state index in [9.17, 15) is 13.6 Å². The molecule has 18 heavy (non-hydrogen) atoms. The van der Waals surface area contributed by atoms with Gasteiger partial charge in [-0.2, -0.15) is 5.10 Å². The van der Waals surface area contributed by atoms with E-state index in [1.807, 2.05) is 0 Å². The van der Waals surface area contributed by atoms with Crippen molar-refractivity contribution in [2.75, 3.05) is 20.3 Å². The highest BCUT2D eigenvalue weighted by Crippen LogP contribution is 2.17. The van der Waals surface area contributed by atoms with Crippen LogP contribution in [0.2, 0.25) is 0 Å². The van der Waals surface area contributed by atoms with Gasteiger partial charge < -0.3 is 10.1 Å². The number of alkyl halides is 2. The zero-order chi connectivity index (χ0) is 13.5. The Kier molecular flexibility index (Phi) is 5.70. The number of hydrogen-bond acceptors (Lipinski definition) is 3. The summed E-state index contributed by atoms with van der Waals surface area (Å²) in [5.41, 5.74) is 0.233. The van der Waals surface area contributed by atoms with Crippen molar-refractivity contribution in [2.45, 2.75) is 26.3 Å². The van der Waals surface area contributed by atoms with Gasteiger partial charge in [-0.15, -0.1) is 0 Å². The Morgan fingerprint density at radius 1 is 1.61 bits per heavy atom. The number of carbonyl (C=O) groups is 1. The van der Waals surface area contributed by atoms with Gasteiger partial charge in [-0.3, -0.25) is 9.48 Å². The summed E-state index contributed by atoms with van der Waals surface area (Å²) in [5.74, 6) is -0.252. The second-order valence-corrected chi connectivity index (χ2v) is 3.87. The standard InChI is InChI=1S/C11H17F2N3O2/c1-8-6-9(11(12)13)15-16(8)7-10(17)14-4-3-5-18-2/h6,11H,3-5,7H2,1-2H3,(H,14,17). The molecule has 0 saturated heterocycles. The van der Waals surface area contributed by atoms with E-state index in [0.717, 1.165) is 0 Å². The van der Waals surface area contributed by atoms with Gasteiger partial charge in [-0.25, -0.2) is 8.78 Å². The van der Waals surface area contributed by atoms with Crippen LogP contribution in [0, 0.1) is 6.92 Å². The molecular formula is C11H17F2N3O2. The maximum absolute atomic E-state index is 12.4. The number of nitrogens with zero attached hydrogens (tertiary/aromatic N) is 2. The van der Waals surface area contributed by atoms with E-state index in [1.165, 1.54) is 10.7 Å². The van der Waals surface area contributed by atoms with Crippen LogP contribution in [0.1, 0.15) is 24.2 Å². The van der Waals surface area contributed by atoms with Crippen LogP contribution in [0.25, 0.3) is 0 Å². The average molecular weight is 261 g/mol. The molecule has 0 aliphatic rings. The van der Waals surface area contributed by atoms with Crippen molar-refractivity contribution >= 4 is 5.91 Å². The number of ether oxygens (including phenoxy) is 1. The van der Waals surface area contributed by atoms with E-state index >= 15 is 0 Å². The van der Waals surface area contributed by atoms with Crippen molar-refractivity contribution in [3.05, 3.63) is 17.5 Å². The molecule has 1 aromatic rings. The Morgan fingerprint density at radius 2 is 2.33 bits per heavy atom. The largest absolute Gasteiger partial charge is 0.385 e. The first-order chi connectivity index (χ1) is 8.54. The molecule has 7 heteroatoms. The first-order valence-corrected chi connectivity index (χ1v) is 5.62. The van der Waals surface area contributed by atoms with E-state index in [2.05, 4.69) is 10.4 Å². The van der Waals surface area contributed by atoms with Crippen molar-refractivity contribution in [1.82, 2.24) is 15.1 Å². The van der Waals surface area contributed by atoms with Crippen LogP contribution in [0.15, 0.2) is 6.07 Å². The van der Waals surface area contributed by atoms with Crippen LogP contribution in [-0.4, -0.2) is 35.9 Å². The molecule has 0 unspecified atom stereocenters. The quantitative estimate of drug-likeness (QED) is 0.752. The van der Waals surface area contributed by atoms with Gasteiger partial charge in [0.05, 0.1) is 0 Å². The minimum atomic E-state index is -2.62. The fraction of sp³-hybridized carbons (Fsp3) is 0.636. The Morgan fingerprint density at radius 3 is 2.89 bits per heavy atom. The third kappa shape index (κ3) is 4.40. The minimum absolute atomic E-state index is 0.0501. The van der Waals surface area contributed by atoms with Gasteiger partial charge in [0.25, 0.3) is 6.43 Å². The molecule has 0 spiro atoms. The molecule has 102 valence electrons. The average Bonchev–Trinajstić information content (AvgIpc) is 2.67. The monoisotopic (exact) mass is 261 g/mol. The first kappa shape index (κ1) is 14.6. The van der Waals surface area contributed by atoms with Crippen LogP contribution in [0.3, 0.4) is 0 Å². The Hall–Kier alpha value is -1.50. The molecule has 1 aromatic heterocycles. The molecular weight excluding hydrogens is 244 g/mol. The number of hydrogen-bond donors (Lipinski definition) is 1. The lowest BCUT2D eigenvalue weighted by Crippen LogP contribution is -2.29. The summed E-state index contributed by atoms with van der Waals surface area (Å²) in [5, 5.41) is 6.34. The van der Waals surface area contributed by atoms with E-state index in [4.69, 9.17) is 4.74 Å². The van der Waals surface area contributed by atoms with Gasteiger partial charge in [0.1, 0.15) is 12.2 Å². The smallest absolute Gasteiger partial charge is 0.282 e. The highest BCUT2D eigenvalue weighted by Gasteiger charge is 2.14. The molecule has 1 heterocycles. The van der Waals surface area contributed by atoms with Crippen molar-refractivity contribution in [1.29, 1.82) is 0 Å². The van der Waals surface area contributed by atoms with Gasteiger partial charge in [0.15, 0.2) is 0 Å². The highest BCUT2D eigenvalue weighted by molar-refractivity contribution is 5.75. The van der Waals surface area contributed by atoms with Crippen molar-refractivity contribution in [2.24, 2.45) is 0 Å². The number of aryl methyl sites for hydroxylation is 1. The van der Waals surface area contributed by atoms with Crippen LogP contribution in [0.5, 0.6) is 0 Å². The molecule has 0 aliphatic carbocycles. The normalized spacial score (nSPS) is 10.9. The summed E-state index contributed by atoms with van der Waals surface area (Å²) < 4.78 is 30.9. The van der Waals surface area contributed by atoms with Gasteiger partial charge in [-0.1, -0.05) is 0 Å². The summed E-state index contributed by atoms with van der Waals surface area (Å²) in [6.45, 7) is 2.65. The fourth-order valence-corrected chi connectivity index (χ4v) is 1.44. The Balaban J connectivity index is 2.44. The molecule has 0 saturated carbocycles. The van der Waals surface area contributed by atoms with Gasteiger partial charge in [0.2, 0.25) is 5.91 Å². The molecule has 0 aromatic carbocycles. The van der Waals surface area contributed by atoms with Crippen molar-refractivity contribution in [3.63, 3.8) is 0 Å². The lowest BCUT2D eigenvalue weighted by Gasteiger charge is -2.06. The summed E-state index contributed by atoms with van der Waals surface area (Å²) in [6, 6.07) is 1.28. The molecule has 0 atom stereocenters. The number of methoxy groups -OCH3 is 1. The fourth-order valence-electron chi connectivity index (χ4n) is 1.44. The second kappa shape index (κ2) is 7.05. The SMILES string of the molecule is COCCCNC(=O)Cn1nc(C(F)F)cc1C. The minimum Gasteiger partial charge on any atom is -0.385 e. The summed E-state index contributed by atoms with van der Waals surface area (Å²) >= 11 is 0. The number of halogens is 2. The molecule has 1 N–H and O–H groups in total. The van der Waals surface area contributed by atoms with E-state index < -0.39 is 6.43 Å². The zero-order valence-corrected chi connectivity index (χ0v) is 10.4.